The van der Waals surface area contributed by atoms with Crippen molar-refractivity contribution < 1.29 is 14.2 Å². The van der Waals surface area contributed by atoms with Gasteiger partial charge in [-0.3, -0.25) is 0 Å². The molecule has 0 unspecified atom stereocenters. The third-order valence-electron chi connectivity index (χ3n) is 3.04. The van der Waals surface area contributed by atoms with Gasteiger partial charge in [-0.25, -0.2) is 4.39 Å². The number of halogens is 2. The topological polar surface area (TPSA) is 55.5 Å². The van der Waals surface area contributed by atoms with Crippen molar-refractivity contribution in [3.05, 3.63) is 34.1 Å². The minimum Gasteiger partial charge on any atom is -0.396 e. The van der Waals surface area contributed by atoms with E-state index in [2.05, 4.69) is 15.9 Å². The van der Waals surface area contributed by atoms with Gasteiger partial charge in [0.25, 0.3) is 0 Å². The molecule has 88 valence electrons. The van der Waals surface area contributed by atoms with Gasteiger partial charge in [-0.1, -0.05) is 15.9 Å². The van der Waals surface area contributed by atoms with Gasteiger partial charge < -0.3 is 15.6 Å². The number of aliphatic hydroxyl groups excluding tert-OH is 1. The molecule has 1 aliphatic rings. The fourth-order valence-electron chi connectivity index (χ4n) is 2.00. The molecule has 1 aliphatic heterocycles. The Morgan fingerprint density at radius 2 is 2.38 bits per heavy atom. The van der Waals surface area contributed by atoms with E-state index in [4.69, 9.17) is 10.5 Å². The van der Waals surface area contributed by atoms with E-state index in [9.17, 15) is 9.50 Å². The van der Waals surface area contributed by atoms with Gasteiger partial charge in [0, 0.05) is 16.0 Å². The molecule has 1 fully saturated rings. The predicted molar refractivity (Wildman–Crippen MR) is 61.4 cm³/mol. The summed E-state index contributed by atoms with van der Waals surface area (Å²) >= 11 is 3.28. The highest BCUT2D eigenvalue weighted by atomic mass is 79.9. The van der Waals surface area contributed by atoms with Crippen LogP contribution in [-0.2, 0) is 10.3 Å². The maximum Gasteiger partial charge on any atom is 0.128 e. The zero-order valence-corrected chi connectivity index (χ0v) is 10.2. The van der Waals surface area contributed by atoms with Gasteiger partial charge in [-0.15, -0.1) is 0 Å². The van der Waals surface area contributed by atoms with Crippen LogP contribution in [-0.4, -0.2) is 24.9 Å². The first-order chi connectivity index (χ1) is 7.58. The van der Waals surface area contributed by atoms with Crippen LogP contribution in [0, 0.1) is 11.7 Å². The van der Waals surface area contributed by atoms with Crippen LogP contribution in [0.3, 0.4) is 0 Å². The van der Waals surface area contributed by atoms with Crippen LogP contribution in [0.5, 0.6) is 0 Å². The van der Waals surface area contributed by atoms with Crippen molar-refractivity contribution in [1.82, 2.24) is 0 Å². The summed E-state index contributed by atoms with van der Waals surface area (Å²) in [4.78, 5) is 0. The molecular weight excluding hydrogens is 277 g/mol. The Balaban J connectivity index is 2.45. The maximum atomic E-state index is 13.7. The molecule has 3 nitrogen and oxygen atoms in total. The first kappa shape index (κ1) is 12.0. The molecule has 2 rings (SSSR count). The quantitative estimate of drug-likeness (QED) is 0.865. The second-order valence-electron chi connectivity index (χ2n) is 4.06. The van der Waals surface area contributed by atoms with Crippen molar-refractivity contribution in [2.45, 2.75) is 5.54 Å². The van der Waals surface area contributed by atoms with Crippen LogP contribution in [0.15, 0.2) is 22.7 Å². The highest BCUT2D eigenvalue weighted by molar-refractivity contribution is 9.10. The van der Waals surface area contributed by atoms with Crippen molar-refractivity contribution in [1.29, 1.82) is 0 Å². The summed E-state index contributed by atoms with van der Waals surface area (Å²) < 4.78 is 19.7. The number of hydrogen-bond donors (Lipinski definition) is 2. The molecule has 0 bridgehead atoms. The molecule has 1 aromatic rings. The van der Waals surface area contributed by atoms with Gasteiger partial charge >= 0.3 is 0 Å². The lowest BCUT2D eigenvalue weighted by molar-refractivity contribution is 0.160. The first-order valence-corrected chi connectivity index (χ1v) is 5.80. The van der Waals surface area contributed by atoms with Gasteiger partial charge in [0.15, 0.2) is 0 Å². The molecule has 0 radical (unpaired) electrons. The SMILES string of the molecule is N[C@]1(c2cc(Br)ccc2F)COC[C@@H]1CO. The third-order valence-corrected chi connectivity index (χ3v) is 3.53. The molecule has 3 N–H and O–H groups in total. The number of ether oxygens (including phenoxy) is 1. The van der Waals surface area contributed by atoms with Crippen molar-refractivity contribution in [3.8, 4) is 0 Å². The zero-order chi connectivity index (χ0) is 11.8. The summed E-state index contributed by atoms with van der Waals surface area (Å²) in [5.74, 6) is -0.633. The normalized spacial score (nSPS) is 29.6. The summed E-state index contributed by atoms with van der Waals surface area (Å²) in [7, 11) is 0. The lowest BCUT2D eigenvalue weighted by Gasteiger charge is -2.29. The molecule has 1 heterocycles. The van der Waals surface area contributed by atoms with Crippen LogP contribution in [0.4, 0.5) is 4.39 Å². The van der Waals surface area contributed by atoms with E-state index in [1.165, 1.54) is 6.07 Å². The van der Waals surface area contributed by atoms with Crippen LogP contribution in [0.1, 0.15) is 5.56 Å². The van der Waals surface area contributed by atoms with Crippen molar-refractivity contribution in [2.75, 3.05) is 19.8 Å². The lowest BCUT2D eigenvalue weighted by atomic mass is 9.81. The summed E-state index contributed by atoms with van der Waals surface area (Å²) in [5.41, 5.74) is 5.60. The molecule has 0 aliphatic carbocycles. The Labute approximate surface area is 102 Å². The molecule has 0 amide bonds. The second kappa shape index (κ2) is 4.41. The van der Waals surface area contributed by atoms with E-state index >= 15 is 0 Å². The predicted octanol–water partition coefficient (Wildman–Crippen LogP) is 1.38. The minimum absolute atomic E-state index is 0.109. The number of benzene rings is 1. The monoisotopic (exact) mass is 289 g/mol. The molecule has 1 saturated heterocycles. The molecule has 2 atom stereocenters. The van der Waals surface area contributed by atoms with Crippen LogP contribution in [0.25, 0.3) is 0 Å². The fraction of sp³-hybridized carbons (Fsp3) is 0.455. The molecule has 0 saturated carbocycles. The van der Waals surface area contributed by atoms with Gasteiger partial charge in [-0.2, -0.15) is 0 Å². The Hall–Kier alpha value is -0.490. The van der Waals surface area contributed by atoms with Gasteiger partial charge in [0.1, 0.15) is 5.82 Å². The van der Waals surface area contributed by atoms with Crippen LogP contribution in [0.2, 0.25) is 0 Å². The van der Waals surface area contributed by atoms with Crippen LogP contribution >= 0.6 is 15.9 Å². The Bertz CT molecular complexity index is 402. The first-order valence-electron chi connectivity index (χ1n) is 5.01. The standard InChI is InChI=1S/C11H13BrFNO2/c12-8-1-2-10(13)9(3-8)11(14)6-16-5-7(11)4-15/h1-3,7,15H,4-6,14H2/t7-,11+/m0/s1. The second-order valence-corrected chi connectivity index (χ2v) is 4.97. The molecule has 5 heteroatoms. The maximum absolute atomic E-state index is 13.7. The Kier molecular flexibility index (Phi) is 3.30. The van der Waals surface area contributed by atoms with Gasteiger partial charge in [0.05, 0.1) is 25.4 Å². The Morgan fingerprint density at radius 1 is 1.62 bits per heavy atom. The number of nitrogens with two attached hydrogens (primary N) is 1. The average molecular weight is 290 g/mol. The highest BCUT2D eigenvalue weighted by Gasteiger charge is 2.43. The summed E-state index contributed by atoms with van der Waals surface area (Å²) in [6.45, 7) is 0.479. The highest BCUT2D eigenvalue weighted by Crippen LogP contribution is 2.35. The van der Waals surface area contributed by atoms with E-state index in [0.29, 0.717) is 12.2 Å². The number of aliphatic hydroxyl groups is 1. The third kappa shape index (κ3) is 1.88. The number of hydrogen-bond acceptors (Lipinski definition) is 3. The summed E-state index contributed by atoms with van der Waals surface area (Å²) in [5, 5.41) is 9.23. The van der Waals surface area contributed by atoms with Crippen molar-refractivity contribution in [3.63, 3.8) is 0 Å². The van der Waals surface area contributed by atoms with Gasteiger partial charge in [-0.05, 0) is 18.2 Å². The number of rotatable bonds is 2. The van der Waals surface area contributed by atoms with Crippen LogP contribution < -0.4 is 5.73 Å². The smallest absolute Gasteiger partial charge is 0.128 e. The Morgan fingerprint density at radius 3 is 3.06 bits per heavy atom. The van der Waals surface area contributed by atoms with Gasteiger partial charge in [0.2, 0.25) is 0 Å². The average Bonchev–Trinajstić information content (AvgIpc) is 2.64. The van der Waals surface area contributed by atoms with E-state index in [1.54, 1.807) is 12.1 Å². The van der Waals surface area contributed by atoms with E-state index in [1.807, 2.05) is 0 Å². The molecular formula is C11H13BrFNO2. The van der Waals surface area contributed by atoms with Crippen molar-refractivity contribution in [2.24, 2.45) is 11.7 Å². The summed E-state index contributed by atoms with van der Waals surface area (Å²) in [6.07, 6.45) is 0. The fourth-order valence-corrected chi connectivity index (χ4v) is 2.37. The summed E-state index contributed by atoms with van der Waals surface area (Å²) in [6, 6.07) is 4.62. The molecule has 0 spiro atoms. The lowest BCUT2D eigenvalue weighted by Crippen LogP contribution is -2.46. The van der Waals surface area contributed by atoms with Crippen molar-refractivity contribution >= 4 is 15.9 Å². The minimum atomic E-state index is -0.942. The largest absolute Gasteiger partial charge is 0.396 e. The molecule has 1 aromatic carbocycles. The molecule has 0 aromatic heterocycles. The molecule has 16 heavy (non-hydrogen) atoms. The van der Waals surface area contributed by atoms with E-state index in [-0.39, 0.29) is 24.9 Å². The van der Waals surface area contributed by atoms with E-state index in [0.717, 1.165) is 4.47 Å². The van der Waals surface area contributed by atoms with E-state index < -0.39 is 5.54 Å². The zero-order valence-electron chi connectivity index (χ0n) is 8.62.